The van der Waals surface area contributed by atoms with Gasteiger partial charge in [-0.1, -0.05) is 11.6 Å². The van der Waals surface area contributed by atoms with Crippen molar-refractivity contribution in [2.75, 3.05) is 13.2 Å². The first-order chi connectivity index (χ1) is 8.47. The molecule has 2 aliphatic rings. The van der Waals surface area contributed by atoms with Crippen LogP contribution in [0.2, 0.25) is 0 Å². The third-order valence-electron chi connectivity index (χ3n) is 4.19. The summed E-state index contributed by atoms with van der Waals surface area (Å²) in [7, 11) is 0. The lowest BCUT2D eigenvalue weighted by molar-refractivity contribution is -0.505. The lowest BCUT2D eigenvalue weighted by Gasteiger charge is -2.48. The van der Waals surface area contributed by atoms with E-state index < -0.39 is 23.0 Å². The lowest BCUT2D eigenvalue weighted by Crippen LogP contribution is -2.50. The summed E-state index contributed by atoms with van der Waals surface area (Å²) in [5.41, 5.74) is 0.237. The first-order valence-electron chi connectivity index (χ1n) is 6.06. The number of aliphatic carboxylic acids is 1. The van der Waals surface area contributed by atoms with Crippen molar-refractivity contribution in [3.63, 3.8) is 0 Å². The topological polar surface area (TPSA) is 80.4 Å². The molecule has 0 amide bonds. The monoisotopic (exact) mass is 257 g/mol. The van der Waals surface area contributed by atoms with Crippen molar-refractivity contribution in [2.45, 2.75) is 25.7 Å². The highest BCUT2D eigenvalue weighted by molar-refractivity contribution is 5.68. The maximum absolute atomic E-state index is 12.3. The van der Waals surface area contributed by atoms with Gasteiger partial charge in [0, 0.05) is 4.92 Å². The summed E-state index contributed by atoms with van der Waals surface area (Å²) in [6.07, 6.45) is 3.42. The van der Waals surface area contributed by atoms with Crippen LogP contribution < -0.4 is 0 Å². The molecule has 0 radical (unpaired) electrons. The van der Waals surface area contributed by atoms with Gasteiger partial charge in [0.05, 0.1) is 18.5 Å². The Bertz CT molecular complexity index is 391. The summed E-state index contributed by atoms with van der Waals surface area (Å²) in [6, 6.07) is 0. The minimum atomic E-state index is -0.998. The van der Waals surface area contributed by atoms with Gasteiger partial charge in [-0.05, 0) is 31.1 Å². The molecule has 0 aromatic rings. The molecule has 3 atom stereocenters. The van der Waals surface area contributed by atoms with Crippen LogP contribution in [0.25, 0.3) is 0 Å². The quantitative estimate of drug-likeness (QED) is 0.448. The first kappa shape index (κ1) is 13.0. The minimum absolute atomic E-state index is 0.0550. The second kappa shape index (κ2) is 4.66. The van der Waals surface area contributed by atoms with Gasteiger partial charge < -0.3 is 5.11 Å². The smallest absolute Gasteiger partial charge is 0.304 e. The number of nitro groups is 1. The van der Waals surface area contributed by atoms with Crippen LogP contribution in [0.3, 0.4) is 0 Å². The molecule has 100 valence electrons. The number of carboxylic acid groups (broad SMARTS) is 1. The lowest BCUT2D eigenvalue weighted by atomic mass is 9.53. The molecule has 2 rings (SSSR count). The van der Waals surface area contributed by atoms with Crippen LogP contribution in [0.1, 0.15) is 25.7 Å². The third-order valence-corrected chi connectivity index (χ3v) is 4.19. The number of rotatable bonds is 6. The number of nitrogens with zero attached hydrogens (tertiary/aromatic N) is 1. The average molecular weight is 257 g/mol. The standard InChI is InChI=1S/C12H16FNO4/c13-2-1-8-3-9-5-12(6-11(15)16,7-14(17)18)10(9)4-8/h4,9-10H,1-3,5-7H2,(H,15,16)/t9-,10+,12+/m0/s1. The fraction of sp³-hybridized carbons (Fsp3) is 0.750. The van der Waals surface area contributed by atoms with Gasteiger partial charge in [0.2, 0.25) is 6.54 Å². The molecular weight excluding hydrogens is 241 g/mol. The zero-order valence-corrected chi connectivity index (χ0v) is 9.97. The molecule has 1 N–H and O–H groups in total. The van der Waals surface area contributed by atoms with E-state index in [1.165, 1.54) is 0 Å². The van der Waals surface area contributed by atoms with Crippen LogP contribution in [0.4, 0.5) is 4.39 Å². The van der Waals surface area contributed by atoms with Crippen molar-refractivity contribution < 1.29 is 19.2 Å². The molecule has 0 bridgehead atoms. The summed E-state index contributed by atoms with van der Waals surface area (Å²) in [6.45, 7) is -0.730. The van der Waals surface area contributed by atoms with Gasteiger partial charge in [-0.3, -0.25) is 19.3 Å². The number of alkyl halides is 1. The van der Waals surface area contributed by atoms with E-state index in [4.69, 9.17) is 5.11 Å². The van der Waals surface area contributed by atoms with Crippen molar-refractivity contribution >= 4 is 5.97 Å². The highest BCUT2D eigenvalue weighted by Crippen LogP contribution is 2.60. The molecule has 1 fully saturated rings. The largest absolute Gasteiger partial charge is 0.481 e. The van der Waals surface area contributed by atoms with E-state index >= 15 is 0 Å². The summed E-state index contributed by atoms with van der Waals surface area (Å²) >= 11 is 0. The van der Waals surface area contributed by atoms with E-state index in [0.29, 0.717) is 12.8 Å². The average Bonchev–Trinajstić information content (AvgIpc) is 2.55. The molecule has 18 heavy (non-hydrogen) atoms. The fourth-order valence-electron chi connectivity index (χ4n) is 3.58. The Morgan fingerprint density at radius 2 is 2.39 bits per heavy atom. The van der Waals surface area contributed by atoms with Gasteiger partial charge in [-0.25, -0.2) is 0 Å². The Morgan fingerprint density at radius 3 is 2.94 bits per heavy atom. The second-order valence-electron chi connectivity index (χ2n) is 5.38. The number of hydrogen-bond acceptors (Lipinski definition) is 3. The van der Waals surface area contributed by atoms with E-state index in [0.717, 1.165) is 12.0 Å². The van der Waals surface area contributed by atoms with Crippen molar-refractivity contribution in [3.05, 3.63) is 21.8 Å². The van der Waals surface area contributed by atoms with Gasteiger partial charge >= 0.3 is 5.97 Å². The number of halogens is 1. The van der Waals surface area contributed by atoms with E-state index in [1.807, 2.05) is 6.08 Å². The summed E-state index contributed by atoms with van der Waals surface area (Å²) in [4.78, 5) is 21.2. The van der Waals surface area contributed by atoms with Gasteiger partial charge in [0.25, 0.3) is 0 Å². The first-order valence-corrected chi connectivity index (χ1v) is 6.06. The van der Waals surface area contributed by atoms with E-state index in [-0.39, 0.29) is 24.8 Å². The molecule has 0 aromatic heterocycles. The maximum atomic E-state index is 12.3. The SMILES string of the molecule is O=C(O)C[C@@]1(C[N+](=O)[O-])C[C@@H]2CC(CCF)=C[C@H]21. The molecule has 5 nitrogen and oxygen atoms in total. The van der Waals surface area contributed by atoms with Crippen molar-refractivity contribution in [1.82, 2.24) is 0 Å². The number of fused-ring (bicyclic) bond motifs is 1. The second-order valence-corrected chi connectivity index (χ2v) is 5.38. The third kappa shape index (κ3) is 2.23. The summed E-state index contributed by atoms with van der Waals surface area (Å²) in [5, 5.41) is 19.6. The molecule has 2 aliphatic carbocycles. The predicted molar refractivity (Wildman–Crippen MR) is 61.4 cm³/mol. The van der Waals surface area contributed by atoms with Gasteiger partial charge in [0.1, 0.15) is 0 Å². The highest BCUT2D eigenvalue weighted by atomic mass is 19.1. The minimum Gasteiger partial charge on any atom is -0.481 e. The van der Waals surface area contributed by atoms with Gasteiger partial charge in [0.15, 0.2) is 0 Å². The van der Waals surface area contributed by atoms with E-state index in [1.54, 1.807) is 0 Å². The van der Waals surface area contributed by atoms with Gasteiger partial charge in [-0.15, -0.1) is 0 Å². The molecule has 6 heteroatoms. The zero-order chi connectivity index (χ0) is 13.3. The van der Waals surface area contributed by atoms with Crippen molar-refractivity contribution in [1.29, 1.82) is 0 Å². The van der Waals surface area contributed by atoms with E-state index in [9.17, 15) is 19.3 Å². The van der Waals surface area contributed by atoms with Crippen molar-refractivity contribution in [2.24, 2.45) is 17.3 Å². The van der Waals surface area contributed by atoms with E-state index in [2.05, 4.69) is 0 Å². The Hall–Kier alpha value is -1.46. The maximum Gasteiger partial charge on any atom is 0.304 e. The normalized spacial score (nSPS) is 33.5. The Morgan fingerprint density at radius 1 is 1.67 bits per heavy atom. The number of carbonyl (C=O) groups is 1. The van der Waals surface area contributed by atoms with Crippen LogP contribution in [0.15, 0.2) is 11.6 Å². The van der Waals surface area contributed by atoms with Crippen molar-refractivity contribution in [3.8, 4) is 0 Å². The Labute approximate surface area is 104 Å². The van der Waals surface area contributed by atoms with Crippen LogP contribution in [-0.2, 0) is 4.79 Å². The fourth-order valence-corrected chi connectivity index (χ4v) is 3.58. The highest BCUT2D eigenvalue weighted by Gasteiger charge is 2.58. The molecule has 0 saturated heterocycles. The van der Waals surface area contributed by atoms with Crippen LogP contribution >= 0.6 is 0 Å². The molecule has 0 unspecified atom stereocenters. The molecule has 0 aromatic carbocycles. The molecule has 0 heterocycles. The predicted octanol–water partition coefficient (Wildman–Crippen LogP) is 2.05. The summed E-state index contributed by atoms with van der Waals surface area (Å²) in [5.74, 6) is -0.769. The Kier molecular flexibility index (Phi) is 3.36. The summed E-state index contributed by atoms with van der Waals surface area (Å²) < 4.78 is 12.3. The van der Waals surface area contributed by atoms with Gasteiger partial charge in [-0.2, -0.15) is 0 Å². The molecule has 0 aliphatic heterocycles. The van der Waals surface area contributed by atoms with Crippen LogP contribution in [-0.4, -0.2) is 29.2 Å². The van der Waals surface area contributed by atoms with Crippen LogP contribution in [0.5, 0.6) is 0 Å². The Balaban J connectivity index is 2.13. The zero-order valence-electron chi connectivity index (χ0n) is 9.97. The molecule has 1 saturated carbocycles. The number of hydrogen-bond donors (Lipinski definition) is 1. The number of carboxylic acids is 1. The molecule has 0 spiro atoms. The van der Waals surface area contributed by atoms with Crippen LogP contribution in [0, 0.1) is 27.4 Å². The number of allylic oxidation sites excluding steroid dienone is 2. The molecular formula is C12H16FNO4.